The summed E-state index contributed by atoms with van der Waals surface area (Å²) in [6.45, 7) is 0.174. The van der Waals surface area contributed by atoms with Crippen LogP contribution in [0.4, 0.5) is 9.18 Å². The Hall–Kier alpha value is -3.48. The fraction of sp³-hybridized carbons (Fsp3) is 0.0556. The summed E-state index contributed by atoms with van der Waals surface area (Å²) < 4.78 is 18.8. The Morgan fingerprint density at radius 1 is 0.960 bits per heavy atom. The van der Waals surface area contributed by atoms with Crippen molar-refractivity contribution >= 4 is 23.9 Å². The minimum absolute atomic E-state index is 0.174. The normalized spacial score (nSPS) is 14.0. The van der Waals surface area contributed by atoms with Crippen molar-refractivity contribution in [3.63, 3.8) is 0 Å². The van der Waals surface area contributed by atoms with Crippen molar-refractivity contribution in [3.8, 4) is 5.75 Å². The zero-order chi connectivity index (χ0) is 17.8. The van der Waals surface area contributed by atoms with Crippen LogP contribution < -0.4 is 15.4 Å². The molecule has 0 aliphatic carbocycles. The lowest BCUT2D eigenvalue weighted by atomic mass is 10.1. The van der Waals surface area contributed by atoms with Gasteiger partial charge in [-0.15, -0.1) is 0 Å². The lowest BCUT2D eigenvalue weighted by Crippen LogP contribution is -2.51. The van der Waals surface area contributed by atoms with Gasteiger partial charge in [-0.2, -0.15) is 0 Å². The van der Waals surface area contributed by atoms with E-state index in [0.29, 0.717) is 16.9 Å². The van der Waals surface area contributed by atoms with Crippen LogP contribution >= 0.6 is 0 Å². The SMILES string of the molecule is O=C1NC(=O)C(=Cc2cccc(OCc3cccc(F)c3)c2)C(=O)N1. The zero-order valence-corrected chi connectivity index (χ0v) is 12.9. The maximum absolute atomic E-state index is 13.2. The molecule has 1 aliphatic rings. The zero-order valence-electron chi connectivity index (χ0n) is 12.9. The van der Waals surface area contributed by atoms with Crippen LogP contribution in [0.15, 0.2) is 54.1 Å². The number of halogens is 1. The molecule has 7 heteroatoms. The molecule has 0 aromatic heterocycles. The maximum Gasteiger partial charge on any atom is 0.328 e. The second kappa shape index (κ2) is 6.96. The van der Waals surface area contributed by atoms with E-state index in [0.717, 1.165) is 0 Å². The van der Waals surface area contributed by atoms with Crippen molar-refractivity contribution in [2.24, 2.45) is 0 Å². The summed E-state index contributed by atoms with van der Waals surface area (Å²) in [6, 6.07) is 11.9. The molecular formula is C18H13FN2O4. The van der Waals surface area contributed by atoms with Crippen molar-refractivity contribution in [2.75, 3.05) is 0 Å². The van der Waals surface area contributed by atoms with Gasteiger partial charge in [-0.25, -0.2) is 9.18 Å². The standard InChI is InChI=1S/C18H13FN2O4/c19-13-5-1-4-12(7-13)10-25-14-6-2-3-11(8-14)9-15-16(22)20-18(24)21-17(15)23/h1-9H,10H2,(H2,20,21,22,23,24). The second-order valence-electron chi connectivity index (χ2n) is 5.29. The molecule has 2 N–H and O–H groups in total. The van der Waals surface area contributed by atoms with E-state index >= 15 is 0 Å². The molecule has 4 amide bonds. The van der Waals surface area contributed by atoms with Crippen LogP contribution in [0.3, 0.4) is 0 Å². The lowest BCUT2D eigenvalue weighted by Gasteiger charge is -2.14. The minimum Gasteiger partial charge on any atom is -0.489 e. The first kappa shape index (κ1) is 16.4. The van der Waals surface area contributed by atoms with E-state index in [-0.39, 0.29) is 18.0 Å². The number of amides is 4. The molecule has 6 nitrogen and oxygen atoms in total. The van der Waals surface area contributed by atoms with Crippen LogP contribution in [0, 0.1) is 5.82 Å². The highest BCUT2D eigenvalue weighted by molar-refractivity contribution is 6.31. The number of carbonyl (C=O) groups is 3. The third-order valence-electron chi connectivity index (χ3n) is 3.41. The fourth-order valence-electron chi connectivity index (χ4n) is 2.26. The highest BCUT2D eigenvalue weighted by Gasteiger charge is 2.27. The summed E-state index contributed by atoms with van der Waals surface area (Å²) >= 11 is 0. The van der Waals surface area contributed by atoms with Crippen LogP contribution in [-0.4, -0.2) is 17.8 Å². The van der Waals surface area contributed by atoms with Crippen molar-refractivity contribution in [1.82, 2.24) is 10.6 Å². The van der Waals surface area contributed by atoms with E-state index in [1.165, 1.54) is 18.2 Å². The summed E-state index contributed by atoms with van der Waals surface area (Å²) in [5, 5.41) is 4.00. The molecule has 0 bridgehead atoms. The Balaban J connectivity index is 1.75. The highest BCUT2D eigenvalue weighted by atomic mass is 19.1. The number of imide groups is 2. The van der Waals surface area contributed by atoms with Gasteiger partial charge < -0.3 is 4.74 Å². The number of nitrogens with one attached hydrogen (secondary N) is 2. The smallest absolute Gasteiger partial charge is 0.328 e. The second-order valence-corrected chi connectivity index (χ2v) is 5.29. The lowest BCUT2D eigenvalue weighted by molar-refractivity contribution is -0.123. The first-order chi connectivity index (χ1) is 12.0. The Morgan fingerprint density at radius 2 is 1.68 bits per heavy atom. The summed E-state index contributed by atoms with van der Waals surface area (Å²) in [5.41, 5.74) is 1.04. The van der Waals surface area contributed by atoms with E-state index in [1.807, 2.05) is 10.6 Å². The van der Waals surface area contributed by atoms with Crippen molar-refractivity contribution < 1.29 is 23.5 Å². The van der Waals surface area contributed by atoms with E-state index < -0.39 is 17.8 Å². The van der Waals surface area contributed by atoms with Gasteiger partial charge in [0.2, 0.25) is 0 Å². The van der Waals surface area contributed by atoms with Gasteiger partial charge in [-0.1, -0.05) is 24.3 Å². The van der Waals surface area contributed by atoms with Gasteiger partial charge >= 0.3 is 6.03 Å². The monoisotopic (exact) mass is 340 g/mol. The van der Waals surface area contributed by atoms with Crippen LogP contribution in [0.5, 0.6) is 5.75 Å². The summed E-state index contributed by atoms with van der Waals surface area (Å²) in [7, 11) is 0. The molecule has 1 fully saturated rings. The first-order valence-corrected chi connectivity index (χ1v) is 7.37. The average molecular weight is 340 g/mol. The van der Waals surface area contributed by atoms with Gasteiger partial charge in [0, 0.05) is 0 Å². The predicted molar refractivity (Wildman–Crippen MR) is 86.8 cm³/mol. The van der Waals surface area contributed by atoms with Crippen molar-refractivity contribution in [3.05, 3.63) is 71.0 Å². The molecule has 1 aliphatic heterocycles. The molecule has 0 saturated carbocycles. The molecular weight excluding hydrogens is 327 g/mol. The number of ether oxygens (including phenoxy) is 1. The number of hydrogen-bond donors (Lipinski definition) is 2. The highest BCUT2D eigenvalue weighted by Crippen LogP contribution is 2.18. The molecule has 126 valence electrons. The van der Waals surface area contributed by atoms with Gasteiger partial charge in [0.25, 0.3) is 11.8 Å². The molecule has 0 atom stereocenters. The number of barbiturate groups is 1. The van der Waals surface area contributed by atoms with Gasteiger partial charge in [-0.05, 0) is 41.5 Å². The van der Waals surface area contributed by atoms with Crippen LogP contribution in [-0.2, 0) is 16.2 Å². The summed E-state index contributed by atoms with van der Waals surface area (Å²) in [6.07, 6.45) is 1.35. The minimum atomic E-state index is -0.848. The average Bonchev–Trinajstić information content (AvgIpc) is 2.57. The topological polar surface area (TPSA) is 84.5 Å². The summed E-state index contributed by atoms with van der Waals surface area (Å²) in [5.74, 6) is -1.38. The molecule has 0 unspecified atom stereocenters. The predicted octanol–water partition coefficient (Wildman–Crippen LogP) is 2.15. The Kier molecular flexibility index (Phi) is 4.56. The molecule has 1 heterocycles. The Labute approximate surface area is 142 Å². The van der Waals surface area contributed by atoms with Crippen LogP contribution in [0.2, 0.25) is 0 Å². The van der Waals surface area contributed by atoms with Crippen LogP contribution in [0.1, 0.15) is 11.1 Å². The molecule has 1 saturated heterocycles. The maximum atomic E-state index is 13.2. The number of rotatable bonds is 4. The Bertz CT molecular complexity index is 870. The third kappa shape index (κ3) is 4.08. The third-order valence-corrected chi connectivity index (χ3v) is 3.41. The molecule has 2 aromatic rings. The molecule has 0 radical (unpaired) electrons. The van der Waals surface area contributed by atoms with Gasteiger partial charge in [0.15, 0.2) is 0 Å². The van der Waals surface area contributed by atoms with Crippen molar-refractivity contribution in [2.45, 2.75) is 6.61 Å². The van der Waals surface area contributed by atoms with E-state index in [2.05, 4.69) is 0 Å². The van der Waals surface area contributed by atoms with E-state index in [1.54, 1.807) is 36.4 Å². The van der Waals surface area contributed by atoms with Crippen molar-refractivity contribution in [1.29, 1.82) is 0 Å². The van der Waals surface area contributed by atoms with Gasteiger partial charge in [0.1, 0.15) is 23.7 Å². The summed E-state index contributed by atoms with van der Waals surface area (Å²) in [4.78, 5) is 34.5. The Morgan fingerprint density at radius 3 is 2.40 bits per heavy atom. The molecule has 3 rings (SSSR count). The number of benzene rings is 2. The van der Waals surface area contributed by atoms with Crippen LogP contribution in [0.25, 0.3) is 6.08 Å². The van der Waals surface area contributed by atoms with E-state index in [9.17, 15) is 18.8 Å². The van der Waals surface area contributed by atoms with E-state index in [4.69, 9.17) is 4.74 Å². The molecule has 0 spiro atoms. The number of urea groups is 1. The van der Waals surface area contributed by atoms with Gasteiger partial charge in [-0.3, -0.25) is 20.2 Å². The molecule has 25 heavy (non-hydrogen) atoms. The van der Waals surface area contributed by atoms with Gasteiger partial charge in [0.05, 0.1) is 0 Å². The number of hydrogen-bond acceptors (Lipinski definition) is 4. The molecule has 2 aromatic carbocycles. The fourth-order valence-corrected chi connectivity index (χ4v) is 2.26. The number of carbonyl (C=O) groups excluding carboxylic acids is 3. The largest absolute Gasteiger partial charge is 0.489 e. The quantitative estimate of drug-likeness (QED) is 0.660. The first-order valence-electron chi connectivity index (χ1n) is 7.37.